The van der Waals surface area contributed by atoms with Crippen LogP contribution in [0.4, 0.5) is 0 Å². The lowest BCUT2D eigenvalue weighted by Crippen LogP contribution is -2.02. The van der Waals surface area contributed by atoms with Crippen LogP contribution in [0, 0.1) is 0 Å². The van der Waals surface area contributed by atoms with E-state index in [2.05, 4.69) is 20.5 Å². The number of tetrazole rings is 1. The first-order chi connectivity index (χ1) is 14.8. The summed E-state index contributed by atoms with van der Waals surface area (Å²) in [6, 6.07) is 19.2. The molecule has 146 valence electrons. The molecule has 8 nitrogen and oxygen atoms in total. The average Bonchev–Trinajstić information content (AvgIpc) is 3.27. The van der Waals surface area contributed by atoms with Crippen LogP contribution < -0.4 is 4.74 Å². The number of hydrogen-bond acceptors (Lipinski definition) is 8. The fraction of sp³-hybridized carbons (Fsp3) is 0.0476. The van der Waals surface area contributed by atoms with Crippen molar-refractivity contribution in [1.29, 1.82) is 0 Å². The maximum absolute atomic E-state index is 5.46. The summed E-state index contributed by atoms with van der Waals surface area (Å²) in [5.74, 6) is 1.27. The van der Waals surface area contributed by atoms with E-state index in [0.717, 1.165) is 27.2 Å². The summed E-state index contributed by atoms with van der Waals surface area (Å²) in [5.41, 5.74) is 2.43. The maximum atomic E-state index is 5.46. The predicted molar refractivity (Wildman–Crippen MR) is 113 cm³/mol. The molecule has 2 aromatic carbocycles. The van der Waals surface area contributed by atoms with Crippen LogP contribution in [0.25, 0.3) is 28.0 Å². The van der Waals surface area contributed by atoms with Crippen molar-refractivity contribution in [2.75, 3.05) is 7.11 Å². The maximum Gasteiger partial charge on any atom is 0.220 e. The molecule has 3 aromatic heterocycles. The molecule has 5 aromatic rings. The minimum atomic E-state index is 0.570. The quantitative estimate of drug-likeness (QED) is 0.402. The Bertz CT molecular complexity index is 1320. The largest absolute Gasteiger partial charge is 0.494 e. The molecule has 0 amide bonds. The number of rotatable bonds is 5. The van der Waals surface area contributed by atoms with Crippen molar-refractivity contribution in [3.05, 3.63) is 73.1 Å². The van der Waals surface area contributed by atoms with Gasteiger partial charge >= 0.3 is 0 Å². The number of methoxy groups -OCH3 is 1. The zero-order valence-corrected chi connectivity index (χ0v) is 16.7. The summed E-state index contributed by atoms with van der Waals surface area (Å²) in [7, 11) is 1.62. The van der Waals surface area contributed by atoms with Gasteiger partial charge in [0.15, 0.2) is 5.82 Å². The molecule has 0 bridgehead atoms. The molecule has 5 rings (SSSR count). The highest BCUT2D eigenvalue weighted by molar-refractivity contribution is 7.99. The second kappa shape index (κ2) is 7.88. The molecule has 0 saturated heterocycles. The number of nitrogens with zero attached hydrogens (tertiary/aromatic N) is 7. The van der Waals surface area contributed by atoms with Gasteiger partial charge in [0.05, 0.1) is 12.6 Å². The lowest BCUT2D eigenvalue weighted by molar-refractivity contribution is 0.410. The van der Waals surface area contributed by atoms with Crippen LogP contribution in [0.5, 0.6) is 5.75 Å². The summed E-state index contributed by atoms with van der Waals surface area (Å²) in [5, 5.41) is 14.5. The SMILES string of the molecule is COc1ccccc1-n1nnnc1Sc1nc(-c2cccnc2)nc2ccccc12. The Balaban J connectivity index is 1.63. The summed E-state index contributed by atoms with van der Waals surface area (Å²) in [4.78, 5) is 13.7. The summed E-state index contributed by atoms with van der Waals surface area (Å²) >= 11 is 1.37. The lowest BCUT2D eigenvalue weighted by atomic mass is 10.2. The Morgan fingerprint density at radius 2 is 1.80 bits per heavy atom. The van der Waals surface area contributed by atoms with Gasteiger partial charge in [-0.2, -0.15) is 4.68 Å². The van der Waals surface area contributed by atoms with E-state index in [1.54, 1.807) is 24.2 Å². The second-order valence-corrected chi connectivity index (χ2v) is 7.21. The molecular formula is C21H15N7OS. The molecule has 0 fully saturated rings. The van der Waals surface area contributed by atoms with Gasteiger partial charge in [0, 0.05) is 23.3 Å². The van der Waals surface area contributed by atoms with E-state index in [4.69, 9.17) is 14.7 Å². The molecule has 9 heteroatoms. The monoisotopic (exact) mass is 413 g/mol. The molecular weight excluding hydrogens is 398 g/mol. The van der Waals surface area contributed by atoms with Crippen LogP contribution >= 0.6 is 11.8 Å². The van der Waals surface area contributed by atoms with Gasteiger partial charge in [-0.1, -0.05) is 30.3 Å². The van der Waals surface area contributed by atoms with Gasteiger partial charge in [0.1, 0.15) is 16.5 Å². The van der Waals surface area contributed by atoms with Crippen molar-refractivity contribution < 1.29 is 4.74 Å². The van der Waals surface area contributed by atoms with Gasteiger partial charge in [-0.3, -0.25) is 4.98 Å². The first-order valence-corrected chi connectivity index (χ1v) is 9.92. The minimum absolute atomic E-state index is 0.570. The third-order valence-corrected chi connectivity index (χ3v) is 5.37. The molecule has 0 unspecified atom stereocenters. The number of hydrogen-bond donors (Lipinski definition) is 0. The number of pyridine rings is 1. The van der Waals surface area contributed by atoms with Gasteiger partial charge in [0.2, 0.25) is 5.16 Å². The van der Waals surface area contributed by atoms with Crippen LogP contribution in [0.1, 0.15) is 0 Å². The molecule has 0 N–H and O–H groups in total. The Morgan fingerprint density at radius 1 is 0.933 bits per heavy atom. The van der Waals surface area contributed by atoms with Crippen LogP contribution in [0.3, 0.4) is 0 Å². The molecule has 0 aliphatic heterocycles. The molecule has 0 saturated carbocycles. The number of fused-ring (bicyclic) bond motifs is 1. The topological polar surface area (TPSA) is 91.5 Å². The van der Waals surface area contributed by atoms with Crippen molar-refractivity contribution in [2.24, 2.45) is 0 Å². The fourth-order valence-electron chi connectivity index (χ4n) is 3.03. The normalized spacial score (nSPS) is 11.0. The molecule has 3 heterocycles. The van der Waals surface area contributed by atoms with E-state index in [9.17, 15) is 0 Å². The number of para-hydroxylation sites is 3. The van der Waals surface area contributed by atoms with E-state index < -0.39 is 0 Å². The van der Waals surface area contributed by atoms with Crippen LogP contribution in [-0.2, 0) is 0 Å². The number of benzene rings is 2. The number of aromatic nitrogens is 7. The fourth-order valence-corrected chi connectivity index (χ4v) is 3.92. The zero-order valence-electron chi connectivity index (χ0n) is 15.9. The van der Waals surface area contributed by atoms with Crippen LogP contribution in [0.2, 0.25) is 0 Å². The van der Waals surface area contributed by atoms with Crippen molar-refractivity contribution in [1.82, 2.24) is 35.2 Å². The van der Waals surface area contributed by atoms with E-state index in [-0.39, 0.29) is 0 Å². The summed E-state index contributed by atoms with van der Waals surface area (Å²) in [6.07, 6.45) is 3.47. The highest BCUT2D eigenvalue weighted by Gasteiger charge is 2.17. The molecule has 0 aliphatic rings. The van der Waals surface area contributed by atoms with Gasteiger partial charge < -0.3 is 4.74 Å². The van der Waals surface area contributed by atoms with Gasteiger partial charge in [0.25, 0.3) is 0 Å². The first kappa shape index (κ1) is 18.2. The Labute approximate surface area is 176 Å². The van der Waals surface area contributed by atoms with E-state index in [1.807, 2.05) is 60.7 Å². The molecule has 0 atom stereocenters. The lowest BCUT2D eigenvalue weighted by Gasteiger charge is -2.10. The van der Waals surface area contributed by atoms with Crippen molar-refractivity contribution >= 4 is 22.7 Å². The summed E-state index contributed by atoms with van der Waals surface area (Å²) < 4.78 is 7.11. The zero-order chi connectivity index (χ0) is 20.3. The van der Waals surface area contributed by atoms with E-state index >= 15 is 0 Å². The van der Waals surface area contributed by atoms with Crippen molar-refractivity contribution in [3.8, 4) is 22.8 Å². The Morgan fingerprint density at radius 3 is 2.67 bits per heavy atom. The summed E-state index contributed by atoms with van der Waals surface area (Å²) in [6.45, 7) is 0. The third kappa shape index (κ3) is 3.35. The highest BCUT2D eigenvalue weighted by atomic mass is 32.2. The molecule has 0 aliphatic carbocycles. The van der Waals surface area contributed by atoms with Crippen LogP contribution in [0.15, 0.2) is 83.2 Å². The van der Waals surface area contributed by atoms with E-state index in [0.29, 0.717) is 16.7 Å². The molecule has 0 spiro atoms. The second-order valence-electron chi connectivity index (χ2n) is 6.26. The smallest absolute Gasteiger partial charge is 0.220 e. The average molecular weight is 413 g/mol. The highest BCUT2D eigenvalue weighted by Crippen LogP contribution is 2.34. The van der Waals surface area contributed by atoms with Crippen molar-refractivity contribution in [2.45, 2.75) is 10.2 Å². The minimum Gasteiger partial charge on any atom is -0.494 e. The Hall–Kier alpha value is -3.85. The standard InChI is InChI=1S/C21H15N7OS/c1-29-18-11-5-4-10-17(18)28-21(25-26-27-28)30-20-15-8-2-3-9-16(15)23-19(24-20)14-7-6-12-22-13-14/h2-13H,1H3. The first-order valence-electron chi connectivity index (χ1n) is 9.10. The number of ether oxygens (including phenoxy) is 1. The Kier molecular flexibility index (Phi) is 4.78. The van der Waals surface area contributed by atoms with Gasteiger partial charge in [-0.25, -0.2) is 9.97 Å². The van der Waals surface area contributed by atoms with Crippen molar-refractivity contribution in [3.63, 3.8) is 0 Å². The molecule has 30 heavy (non-hydrogen) atoms. The predicted octanol–water partition coefficient (Wildman–Crippen LogP) is 3.83. The van der Waals surface area contributed by atoms with Gasteiger partial charge in [-0.05, 0) is 52.5 Å². The van der Waals surface area contributed by atoms with Crippen LogP contribution in [-0.4, -0.2) is 42.3 Å². The molecule has 0 radical (unpaired) electrons. The van der Waals surface area contributed by atoms with E-state index in [1.165, 1.54) is 11.8 Å². The van der Waals surface area contributed by atoms with Gasteiger partial charge in [-0.15, -0.1) is 5.10 Å². The third-order valence-electron chi connectivity index (χ3n) is 4.43.